The van der Waals surface area contributed by atoms with E-state index in [9.17, 15) is 13.6 Å². The van der Waals surface area contributed by atoms with Gasteiger partial charge in [-0.05, 0) is 25.8 Å². The van der Waals surface area contributed by atoms with Crippen molar-refractivity contribution >= 4 is 18.3 Å². The molecular formula is C9H17ClF2N2O. The highest BCUT2D eigenvalue weighted by Crippen LogP contribution is 2.10. The summed E-state index contributed by atoms with van der Waals surface area (Å²) >= 11 is 0. The lowest BCUT2D eigenvalue weighted by molar-refractivity contribution is -0.121. The van der Waals surface area contributed by atoms with Crippen LogP contribution < -0.4 is 10.6 Å². The summed E-state index contributed by atoms with van der Waals surface area (Å²) in [4.78, 5) is 11.0. The Balaban J connectivity index is 0.00000196. The van der Waals surface area contributed by atoms with Crippen molar-refractivity contribution in [1.29, 1.82) is 0 Å². The standard InChI is InChI=1S/C9H16F2N2O.ClH/c10-8(11)6-13-9(14)4-3-7-2-1-5-12-7;/h7-8,12H,1-6H2,(H,13,14);1H. The van der Waals surface area contributed by atoms with Gasteiger partial charge in [-0.1, -0.05) is 0 Å². The first-order valence-electron chi connectivity index (χ1n) is 4.96. The van der Waals surface area contributed by atoms with Gasteiger partial charge in [-0.3, -0.25) is 4.79 Å². The molecule has 1 heterocycles. The molecule has 0 aromatic rings. The molecule has 0 saturated carbocycles. The molecule has 1 unspecified atom stereocenters. The average molecular weight is 243 g/mol. The van der Waals surface area contributed by atoms with E-state index in [0.29, 0.717) is 12.5 Å². The Labute approximate surface area is 94.4 Å². The van der Waals surface area contributed by atoms with Crippen molar-refractivity contribution < 1.29 is 13.6 Å². The monoisotopic (exact) mass is 242 g/mol. The Morgan fingerprint density at radius 1 is 1.53 bits per heavy atom. The summed E-state index contributed by atoms with van der Waals surface area (Å²) in [6.45, 7) is 0.472. The molecule has 1 aliphatic heterocycles. The lowest BCUT2D eigenvalue weighted by Crippen LogP contribution is -2.30. The van der Waals surface area contributed by atoms with Gasteiger partial charge in [-0.25, -0.2) is 8.78 Å². The van der Waals surface area contributed by atoms with E-state index in [1.54, 1.807) is 0 Å². The smallest absolute Gasteiger partial charge is 0.255 e. The maximum atomic E-state index is 11.7. The third kappa shape index (κ3) is 6.62. The molecule has 1 saturated heterocycles. The van der Waals surface area contributed by atoms with Crippen molar-refractivity contribution in [3.8, 4) is 0 Å². The van der Waals surface area contributed by atoms with E-state index in [2.05, 4.69) is 10.6 Å². The summed E-state index contributed by atoms with van der Waals surface area (Å²) in [6, 6.07) is 0.396. The average Bonchev–Trinajstić information content (AvgIpc) is 2.63. The molecule has 0 radical (unpaired) electrons. The molecule has 0 aliphatic carbocycles. The number of carbonyl (C=O) groups is 1. The van der Waals surface area contributed by atoms with Crippen molar-refractivity contribution in [3.05, 3.63) is 0 Å². The zero-order valence-electron chi connectivity index (χ0n) is 8.47. The quantitative estimate of drug-likeness (QED) is 0.764. The number of carbonyl (C=O) groups excluding carboxylic acids is 1. The van der Waals surface area contributed by atoms with E-state index < -0.39 is 13.0 Å². The normalized spacial score (nSPS) is 20.1. The van der Waals surface area contributed by atoms with Gasteiger partial charge in [0.05, 0.1) is 6.54 Å². The summed E-state index contributed by atoms with van der Waals surface area (Å²) < 4.78 is 23.4. The fourth-order valence-corrected chi connectivity index (χ4v) is 1.59. The van der Waals surface area contributed by atoms with Gasteiger partial charge in [0, 0.05) is 12.5 Å². The van der Waals surface area contributed by atoms with E-state index >= 15 is 0 Å². The number of halogens is 3. The molecule has 1 amide bonds. The summed E-state index contributed by atoms with van der Waals surface area (Å²) in [7, 11) is 0. The molecule has 2 N–H and O–H groups in total. The first-order valence-corrected chi connectivity index (χ1v) is 4.96. The van der Waals surface area contributed by atoms with E-state index in [0.717, 1.165) is 25.8 Å². The minimum absolute atomic E-state index is 0. The third-order valence-electron chi connectivity index (χ3n) is 2.34. The van der Waals surface area contributed by atoms with Crippen LogP contribution in [-0.2, 0) is 4.79 Å². The highest BCUT2D eigenvalue weighted by Gasteiger charge is 2.15. The van der Waals surface area contributed by atoms with E-state index in [1.165, 1.54) is 0 Å². The Morgan fingerprint density at radius 2 is 2.27 bits per heavy atom. The predicted octanol–water partition coefficient (Wildman–Crippen LogP) is 1.32. The summed E-state index contributed by atoms with van der Waals surface area (Å²) in [5.74, 6) is -0.279. The van der Waals surface area contributed by atoms with Crippen LogP contribution in [0.3, 0.4) is 0 Å². The van der Waals surface area contributed by atoms with Crippen LogP contribution in [0.1, 0.15) is 25.7 Å². The fraction of sp³-hybridized carbons (Fsp3) is 0.889. The molecule has 0 aromatic heterocycles. The topological polar surface area (TPSA) is 41.1 Å². The number of hydrogen-bond acceptors (Lipinski definition) is 2. The van der Waals surface area contributed by atoms with Gasteiger partial charge in [0.2, 0.25) is 5.91 Å². The van der Waals surface area contributed by atoms with Crippen LogP contribution in [0.15, 0.2) is 0 Å². The maximum absolute atomic E-state index is 11.7. The second-order valence-electron chi connectivity index (χ2n) is 3.53. The molecule has 3 nitrogen and oxygen atoms in total. The largest absolute Gasteiger partial charge is 0.350 e. The first-order chi connectivity index (χ1) is 6.68. The van der Waals surface area contributed by atoms with Crippen molar-refractivity contribution in [2.45, 2.75) is 38.2 Å². The van der Waals surface area contributed by atoms with Crippen molar-refractivity contribution in [1.82, 2.24) is 10.6 Å². The zero-order valence-corrected chi connectivity index (χ0v) is 9.29. The van der Waals surface area contributed by atoms with Gasteiger partial charge >= 0.3 is 0 Å². The predicted molar refractivity (Wildman–Crippen MR) is 56.5 cm³/mol. The third-order valence-corrected chi connectivity index (χ3v) is 2.34. The minimum atomic E-state index is -2.46. The van der Waals surface area contributed by atoms with Gasteiger partial charge in [0.1, 0.15) is 0 Å². The lowest BCUT2D eigenvalue weighted by Gasteiger charge is -2.09. The SMILES string of the molecule is Cl.O=C(CCC1CCCN1)NCC(F)F. The Morgan fingerprint density at radius 3 is 2.80 bits per heavy atom. The zero-order chi connectivity index (χ0) is 10.4. The molecule has 0 aromatic carbocycles. The summed E-state index contributed by atoms with van der Waals surface area (Å²) in [5, 5.41) is 5.44. The highest BCUT2D eigenvalue weighted by atomic mass is 35.5. The van der Waals surface area contributed by atoms with Gasteiger partial charge < -0.3 is 10.6 Å². The van der Waals surface area contributed by atoms with Crippen LogP contribution in [0.25, 0.3) is 0 Å². The molecule has 90 valence electrons. The second-order valence-corrected chi connectivity index (χ2v) is 3.53. The van der Waals surface area contributed by atoms with E-state index in [4.69, 9.17) is 0 Å². The molecule has 0 bridgehead atoms. The molecule has 1 atom stereocenters. The van der Waals surface area contributed by atoms with Crippen LogP contribution in [-0.4, -0.2) is 31.5 Å². The van der Waals surface area contributed by atoms with Crippen LogP contribution in [0.2, 0.25) is 0 Å². The van der Waals surface area contributed by atoms with Gasteiger partial charge in [0.25, 0.3) is 6.43 Å². The molecule has 1 fully saturated rings. The maximum Gasteiger partial charge on any atom is 0.255 e. The lowest BCUT2D eigenvalue weighted by atomic mass is 10.1. The Kier molecular flexibility index (Phi) is 7.60. The number of rotatable bonds is 5. The number of hydrogen-bond donors (Lipinski definition) is 2. The molecule has 1 rings (SSSR count). The molecule has 15 heavy (non-hydrogen) atoms. The molecule has 1 aliphatic rings. The van der Waals surface area contributed by atoms with Crippen LogP contribution in [0, 0.1) is 0 Å². The number of amides is 1. The van der Waals surface area contributed by atoms with Gasteiger partial charge in [-0.15, -0.1) is 12.4 Å². The Bertz CT molecular complexity index is 187. The van der Waals surface area contributed by atoms with Crippen molar-refractivity contribution in [2.24, 2.45) is 0 Å². The second kappa shape index (κ2) is 7.82. The number of nitrogens with one attached hydrogen (secondary N) is 2. The molecule has 0 spiro atoms. The summed E-state index contributed by atoms with van der Waals surface area (Å²) in [6.07, 6.45) is 0.855. The molecule has 6 heteroatoms. The van der Waals surface area contributed by atoms with Gasteiger partial charge in [0.15, 0.2) is 0 Å². The molecular weight excluding hydrogens is 226 g/mol. The minimum Gasteiger partial charge on any atom is -0.350 e. The summed E-state index contributed by atoms with van der Waals surface area (Å²) in [5.41, 5.74) is 0. The number of alkyl halides is 2. The first kappa shape index (κ1) is 14.6. The highest BCUT2D eigenvalue weighted by molar-refractivity contribution is 5.85. The van der Waals surface area contributed by atoms with Crippen LogP contribution >= 0.6 is 12.4 Å². The van der Waals surface area contributed by atoms with E-state index in [-0.39, 0.29) is 18.3 Å². The van der Waals surface area contributed by atoms with Crippen LogP contribution in [0.5, 0.6) is 0 Å². The van der Waals surface area contributed by atoms with E-state index in [1.807, 2.05) is 0 Å². The van der Waals surface area contributed by atoms with Gasteiger partial charge in [-0.2, -0.15) is 0 Å². The van der Waals surface area contributed by atoms with Crippen LogP contribution in [0.4, 0.5) is 8.78 Å². The van der Waals surface area contributed by atoms with Crippen molar-refractivity contribution in [3.63, 3.8) is 0 Å². The Hall–Kier alpha value is -0.420. The fourth-order valence-electron chi connectivity index (χ4n) is 1.59. The van der Waals surface area contributed by atoms with Crippen molar-refractivity contribution in [2.75, 3.05) is 13.1 Å².